The Kier molecular flexibility index (Phi) is 10.9. The third-order valence-electron chi connectivity index (χ3n) is 3.61. The Labute approximate surface area is 108 Å². The molecule has 0 aliphatic heterocycles. The number of rotatable bonds is 11. The maximum absolute atomic E-state index is 5.17. The molecule has 0 rings (SSSR count). The van der Waals surface area contributed by atoms with Crippen LogP contribution in [0.5, 0.6) is 0 Å². The van der Waals surface area contributed by atoms with Gasteiger partial charge in [-0.3, -0.25) is 4.90 Å². The summed E-state index contributed by atoms with van der Waals surface area (Å²) in [6, 6.07) is 1.32. The summed E-state index contributed by atoms with van der Waals surface area (Å²) in [4.78, 5) is 2.51. The van der Waals surface area contributed by atoms with Crippen molar-refractivity contribution in [1.82, 2.24) is 10.2 Å². The van der Waals surface area contributed by atoms with Crippen LogP contribution in [0.2, 0.25) is 0 Å². The summed E-state index contributed by atoms with van der Waals surface area (Å²) in [6.07, 6.45) is 3.64. The molecule has 0 bridgehead atoms. The molecule has 17 heavy (non-hydrogen) atoms. The van der Waals surface area contributed by atoms with E-state index in [0.717, 1.165) is 26.2 Å². The average Bonchev–Trinajstić information content (AvgIpc) is 2.37. The predicted octanol–water partition coefficient (Wildman–Crippen LogP) is 2.51. The van der Waals surface area contributed by atoms with Gasteiger partial charge >= 0.3 is 0 Å². The van der Waals surface area contributed by atoms with E-state index in [1.54, 1.807) is 7.11 Å². The van der Waals surface area contributed by atoms with Crippen LogP contribution >= 0.6 is 0 Å². The van der Waals surface area contributed by atoms with Gasteiger partial charge in [-0.2, -0.15) is 0 Å². The first-order valence-electron chi connectivity index (χ1n) is 7.15. The molecule has 0 aromatic carbocycles. The Morgan fingerprint density at radius 3 is 2.18 bits per heavy atom. The van der Waals surface area contributed by atoms with Crippen molar-refractivity contribution in [2.75, 3.05) is 33.4 Å². The van der Waals surface area contributed by atoms with Gasteiger partial charge < -0.3 is 10.1 Å². The highest BCUT2D eigenvalue weighted by molar-refractivity contribution is 4.69. The Balaban J connectivity index is 3.89. The normalized spacial score (nSPS) is 13.6. The van der Waals surface area contributed by atoms with Crippen molar-refractivity contribution in [3.05, 3.63) is 0 Å². The minimum atomic E-state index is 0.647. The fraction of sp³-hybridized carbons (Fsp3) is 1.00. The van der Waals surface area contributed by atoms with Crippen LogP contribution in [-0.2, 0) is 4.74 Å². The fourth-order valence-electron chi connectivity index (χ4n) is 2.01. The van der Waals surface area contributed by atoms with E-state index in [0.29, 0.717) is 12.1 Å². The maximum atomic E-state index is 5.17. The zero-order chi connectivity index (χ0) is 13.1. The van der Waals surface area contributed by atoms with Gasteiger partial charge in [-0.05, 0) is 26.2 Å². The van der Waals surface area contributed by atoms with Gasteiger partial charge in [0, 0.05) is 38.8 Å². The summed E-state index contributed by atoms with van der Waals surface area (Å²) in [7, 11) is 1.78. The zero-order valence-electron chi connectivity index (χ0n) is 12.5. The van der Waals surface area contributed by atoms with E-state index in [1.807, 2.05) is 0 Å². The molecule has 1 N–H and O–H groups in total. The lowest BCUT2D eigenvalue weighted by molar-refractivity contribution is 0.122. The monoisotopic (exact) mass is 244 g/mol. The molecule has 1 unspecified atom stereocenters. The largest absolute Gasteiger partial charge is 0.383 e. The minimum Gasteiger partial charge on any atom is -0.383 e. The van der Waals surface area contributed by atoms with E-state index in [1.165, 1.54) is 19.3 Å². The van der Waals surface area contributed by atoms with Crippen LogP contribution < -0.4 is 5.32 Å². The van der Waals surface area contributed by atoms with E-state index < -0.39 is 0 Å². The van der Waals surface area contributed by atoms with Gasteiger partial charge in [-0.1, -0.05) is 20.8 Å². The molecule has 0 spiro atoms. The highest BCUT2D eigenvalue weighted by Gasteiger charge is 2.11. The van der Waals surface area contributed by atoms with Crippen LogP contribution in [0.4, 0.5) is 0 Å². The minimum absolute atomic E-state index is 0.647. The summed E-state index contributed by atoms with van der Waals surface area (Å²) < 4.78 is 5.17. The van der Waals surface area contributed by atoms with Crippen molar-refractivity contribution in [3.63, 3.8) is 0 Å². The third-order valence-corrected chi connectivity index (χ3v) is 3.61. The van der Waals surface area contributed by atoms with Gasteiger partial charge in [0.25, 0.3) is 0 Å². The molecule has 0 saturated carbocycles. The van der Waals surface area contributed by atoms with Gasteiger partial charge in [0.1, 0.15) is 0 Å². The molecule has 0 fully saturated rings. The van der Waals surface area contributed by atoms with Crippen molar-refractivity contribution < 1.29 is 4.74 Å². The predicted molar refractivity (Wildman–Crippen MR) is 75.6 cm³/mol. The average molecular weight is 244 g/mol. The van der Waals surface area contributed by atoms with Crippen molar-refractivity contribution >= 4 is 0 Å². The second kappa shape index (κ2) is 11.0. The molecule has 3 heteroatoms. The van der Waals surface area contributed by atoms with Crippen LogP contribution in [0.25, 0.3) is 0 Å². The maximum Gasteiger partial charge on any atom is 0.0589 e. The van der Waals surface area contributed by atoms with Gasteiger partial charge in [-0.25, -0.2) is 0 Å². The molecule has 0 saturated heterocycles. The molecule has 0 amide bonds. The van der Waals surface area contributed by atoms with E-state index in [9.17, 15) is 0 Å². The molecule has 0 aromatic heterocycles. The van der Waals surface area contributed by atoms with E-state index in [2.05, 4.69) is 37.9 Å². The molecule has 0 aliphatic rings. The van der Waals surface area contributed by atoms with E-state index in [-0.39, 0.29) is 0 Å². The lowest BCUT2D eigenvalue weighted by Gasteiger charge is -2.29. The summed E-state index contributed by atoms with van der Waals surface area (Å²) in [5.74, 6) is 0. The quantitative estimate of drug-likeness (QED) is 0.604. The number of methoxy groups -OCH3 is 1. The SMILES string of the molecule is CCC(CC)NCCN(CCOC)C(C)CC. The number of nitrogens with one attached hydrogen (secondary N) is 1. The number of hydrogen-bond acceptors (Lipinski definition) is 3. The molecular weight excluding hydrogens is 212 g/mol. The molecule has 3 nitrogen and oxygen atoms in total. The zero-order valence-corrected chi connectivity index (χ0v) is 12.5. The second-order valence-corrected chi connectivity index (χ2v) is 4.75. The molecule has 0 radical (unpaired) electrons. The van der Waals surface area contributed by atoms with Crippen molar-refractivity contribution in [2.45, 2.75) is 59.0 Å². The van der Waals surface area contributed by atoms with E-state index >= 15 is 0 Å². The fourth-order valence-corrected chi connectivity index (χ4v) is 2.01. The Hall–Kier alpha value is -0.120. The smallest absolute Gasteiger partial charge is 0.0589 e. The first-order chi connectivity index (χ1) is 8.19. The Morgan fingerprint density at radius 1 is 1.06 bits per heavy atom. The van der Waals surface area contributed by atoms with Crippen molar-refractivity contribution in [3.8, 4) is 0 Å². The first kappa shape index (κ1) is 16.9. The summed E-state index contributed by atoms with van der Waals surface area (Å²) in [6.45, 7) is 13.1. The Morgan fingerprint density at radius 2 is 1.71 bits per heavy atom. The topological polar surface area (TPSA) is 24.5 Å². The lowest BCUT2D eigenvalue weighted by atomic mass is 10.1. The highest BCUT2D eigenvalue weighted by atomic mass is 16.5. The standard InChI is InChI=1S/C14H32N2O/c1-6-13(4)16(11-12-17-5)10-9-15-14(7-2)8-3/h13-15H,6-12H2,1-5H3. The van der Waals surface area contributed by atoms with Crippen LogP contribution in [0, 0.1) is 0 Å². The first-order valence-corrected chi connectivity index (χ1v) is 7.15. The van der Waals surface area contributed by atoms with Crippen LogP contribution in [0.15, 0.2) is 0 Å². The number of ether oxygens (including phenoxy) is 1. The van der Waals surface area contributed by atoms with Crippen LogP contribution in [0.3, 0.4) is 0 Å². The van der Waals surface area contributed by atoms with Gasteiger partial charge in [0.2, 0.25) is 0 Å². The molecular formula is C14H32N2O. The summed E-state index contributed by atoms with van der Waals surface area (Å²) in [5, 5.41) is 3.62. The number of nitrogens with zero attached hydrogens (tertiary/aromatic N) is 1. The van der Waals surface area contributed by atoms with Crippen molar-refractivity contribution in [1.29, 1.82) is 0 Å². The van der Waals surface area contributed by atoms with Gasteiger partial charge in [0.15, 0.2) is 0 Å². The van der Waals surface area contributed by atoms with Gasteiger partial charge in [-0.15, -0.1) is 0 Å². The number of hydrogen-bond donors (Lipinski definition) is 1. The third kappa shape index (κ3) is 7.74. The summed E-state index contributed by atoms with van der Waals surface area (Å²) >= 11 is 0. The molecule has 0 aromatic rings. The van der Waals surface area contributed by atoms with Crippen molar-refractivity contribution in [2.24, 2.45) is 0 Å². The van der Waals surface area contributed by atoms with Crippen LogP contribution in [-0.4, -0.2) is 50.3 Å². The van der Waals surface area contributed by atoms with E-state index in [4.69, 9.17) is 4.74 Å². The van der Waals surface area contributed by atoms with Gasteiger partial charge in [0.05, 0.1) is 6.61 Å². The molecule has 0 heterocycles. The molecule has 104 valence electrons. The highest BCUT2D eigenvalue weighted by Crippen LogP contribution is 2.03. The van der Waals surface area contributed by atoms with Crippen LogP contribution in [0.1, 0.15) is 47.0 Å². The molecule has 1 atom stereocenters. The second-order valence-electron chi connectivity index (χ2n) is 4.75. The Bertz CT molecular complexity index is 160. The lowest BCUT2D eigenvalue weighted by Crippen LogP contribution is -2.42. The molecule has 0 aliphatic carbocycles. The summed E-state index contributed by atoms with van der Waals surface area (Å²) in [5.41, 5.74) is 0.